The molecular formula is C17H16N2. The molecule has 1 N–H and O–H groups in total. The van der Waals surface area contributed by atoms with Gasteiger partial charge >= 0.3 is 0 Å². The molecule has 3 rings (SSSR count). The van der Waals surface area contributed by atoms with Gasteiger partial charge in [0.1, 0.15) is 0 Å². The van der Waals surface area contributed by atoms with E-state index < -0.39 is 0 Å². The first-order chi connectivity index (χ1) is 9.45. The molecule has 0 atom stereocenters. The molecule has 2 nitrogen and oxygen atoms in total. The lowest BCUT2D eigenvalue weighted by Crippen LogP contribution is -1.70. The minimum atomic E-state index is 1.23. The summed E-state index contributed by atoms with van der Waals surface area (Å²) in [4.78, 5) is 0. The van der Waals surface area contributed by atoms with Crippen molar-refractivity contribution in [2.24, 2.45) is 0 Å². The largest absolute Gasteiger partial charge is 0.286 e. The molecule has 0 spiro atoms. The van der Waals surface area contributed by atoms with Crippen molar-refractivity contribution in [1.29, 1.82) is 0 Å². The number of rotatable bonds is 2. The van der Waals surface area contributed by atoms with Gasteiger partial charge in [0.25, 0.3) is 0 Å². The molecular weight excluding hydrogens is 232 g/mol. The lowest BCUT2D eigenvalue weighted by molar-refractivity contribution is 1.09. The number of aromatic nitrogens is 2. The molecule has 94 valence electrons. The average Bonchev–Trinajstić information content (AvgIpc) is 3.07. The predicted molar refractivity (Wildman–Crippen MR) is 80.4 cm³/mol. The zero-order valence-electron chi connectivity index (χ0n) is 10.6. The number of nitrogens with zero attached hydrogens (tertiary/aromatic N) is 1. The Kier molecular flexibility index (Phi) is 5.18. The van der Waals surface area contributed by atoms with Crippen LogP contribution in [0.2, 0.25) is 0 Å². The van der Waals surface area contributed by atoms with E-state index in [9.17, 15) is 0 Å². The molecule has 1 aromatic heterocycles. The third kappa shape index (κ3) is 5.04. The van der Waals surface area contributed by atoms with Crippen LogP contribution in [-0.4, -0.2) is 10.2 Å². The van der Waals surface area contributed by atoms with Gasteiger partial charge in [-0.25, -0.2) is 0 Å². The second-order valence-corrected chi connectivity index (χ2v) is 3.92. The smallest absolute Gasteiger partial charge is 0.0487 e. The maximum absolute atomic E-state index is 3.60. The van der Waals surface area contributed by atoms with E-state index >= 15 is 0 Å². The fourth-order valence-corrected chi connectivity index (χ4v) is 1.54. The van der Waals surface area contributed by atoms with Gasteiger partial charge in [-0.15, -0.1) is 0 Å². The molecule has 0 saturated heterocycles. The van der Waals surface area contributed by atoms with Crippen LogP contribution in [0.4, 0.5) is 0 Å². The van der Waals surface area contributed by atoms with E-state index in [2.05, 4.69) is 46.6 Å². The topological polar surface area (TPSA) is 28.7 Å². The van der Waals surface area contributed by atoms with Crippen LogP contribution in [0, 0.1) is 0 Å². The average molecular weight is 248 g/mol. The monoisotopic (exact) mass is 248 g/mol. The van der Waals surface area contributed by atoms with Gasteiger partial charge in [-0.2, -0.15) is 5.10 Å². The molecule has 2 heteroatoms. The van der Waals surface area contributed by atoms with Gasteiger partial charge in [-0.3, -0.25) is 5.10 Å². The van der Waals surface area contributed by atoms with E-state index in [1.807, 2.05) is 42.5 Å². The summed E-state index contributed by atoms with van der Waals surface area (Å²) >= 11 is 0. The minimum absolute atomic E-state index is 1.23. The SMILES string of the molecule is C(=Cc1ccccc1)c1ccccc1.c1cn[nH]c1. The molecule has 3 aromatic rings. The van der Waals surface area contributed by atoms with Crippen LogP contribution in [-0.2, 0) is 0 Å². The molecule has 0 amide bonds. The number of hydrogen-bond acceptors (Lipinski definition) is 1. The molecule has 0 bridgehead atoms. The van der Waals surface area contributed by atoms with Crippen molar-refractivity contribution in [3.05, 3.63) is 90.3 Å². The molecule has 1 heterocycles. The van der Waals surface area contributed by atoms with Crippen LogP contribution >= 0.6 is 0 Å². The molecule has 0 radical (unpaired) electrons. The van der Waals surface area contributed by atoms with Crippen LogP contribution < -0.4 is 0 Å². The van der Waals surface area contributed by atoms with Crippen molar-refractivity contribution in [3.63, 3.8) is 0 Å². The molecule has 0 aliphatic heterocycles. The number of aromatic amines is 1. The Morgan fingerprint density at radius 3 is 1.53 bits per heavy atom. The first-order valence-electron chi connectivity index (χ1n) is 6.17. The highest BCUT2D eigenvalue weighted by atomic mass is 15.1. The number of benzene rings is 2. The molecule has 0 unspecified atom stereocenters. The van der Waals surface area contributed by atoms with Crippen molar-refractivity contribution < 1.29 is 0 Å². The molecule has 2 aromatic carbocycles. The van der Waals surface area contributed by atoms with Crippen LogP contribution in [0.25, 0.3) is 12.2 Å². The van der Waals surface area contributed by atoms with Crippen molar-refractivity contribution in [2.45, 2.75) is 0 Å². The van der Waals surface area contributed by atoms with E-state index in [0.29, 0.717) is 0 Å². The first-order valence-corrected chi connectivity index (χ1v) is 6.17. The van der Waals surface area contributed by atoms with Crippen LogP contribution in [0.5, 0.6) is 0 Å². The second-order valence-electron chi connectivity index (χ2n) is 3.92. The van der Waals surface area contributed by atoms with E-state index in [-0.39, 0.29) is 0 Å². The van der Waals surface area contributed by atoms with E-state index in [1.54, 1.807) is 12.4 Å². The predicted octanol–water partition coefficient (Wildman–Crippen LogP) is 4.27. The lowest BCUT2D eigenvalue weighted by Gasteiger charge is -1.92. The van der Waals surface area contributed by atoms with Crippen LogP contribution in [0.15, 0.2) is 79.1 Å². The van der Waals surface area contributed by atoms with E-state index in [0.717, 1.165) is 0 Å². The summed E-state index contributed by atoms with van der Waals surface area (Å²) in [5.41, 5.74) is 2.47. The van der Waals surface area contributed by atoms with Crippen molar-refractivity contribution >= 4 is 12.2 Å². The van der Waals surface area contributed by atoms with Crippen molar-refractivity contribution in [3.8, 4) is 0 Å². The van der Waals surface area contributed by atoms with Crippen LogP contribution in [0.1, 0.15) is 11.1 Å². The maximum atomic E-state index is 3.60. The lowest BCUT2D eigenvalue weighted by atomic mass is 10.1. The fourth-order valence-electron chi connectivity index (χ4n) is 1.54. The summed E-state index contributed by atoms with van der Waals surface area (Å²) < 4.78 is 0. The number of H-pyrrole nitrogens is 1. The Balaban J connectivity index is 0.000000224. The maximum Gasteiger partial charge on any atom is 0.0487 e. The zero-order chi connectivity index (χ0) is 13.2. The van der Waals surface area contributed by atoms with Crippen molar-refractivity contribution in [2.75, 3.05) is 0 Å². The highest BCUT2D eigenvalue weighted by Crippen LogP contribution is 2.06. The van der Waals surface area contributed by atoms with Gasteiger partial charge in [-0.05, 0) is 17.2 Å². The van der Waals surface area contributed by atoms with E-state index in [1.165, 1.54) is 11.1 Å². The summed E-state index contributed by atoms with van der Waals surface area (Å²) in [5, 5.41) is 6.21. The van der Waals surface area contributed by atoms with Gasteiger partial charge in [0.15, 0.2) is 0 Å². The highest BCUT2D eigenvalue weighted by molar-refractivity contribution is 5.69. The van der Waals surface area contributed by atoms with Gasteiger partial charge in [0, 0.05) is 12.4 Å². The summed E-state index contributed by atoms with van der Waals surface area (Å²) in [6.07, 6.45) is 7.70. The Morgan fingerprint density at radius 1 is 0.684 bits per heavy atom. The molecule has 19 heavy (non-hydrogen) atoms. The third-order valence-electron chi connectivity index (χ3n) is 2.47. The fraction of sp³-hybridized carbons (Fsp3) is 0. The minimum Gasteiger partial charge on any atom is -0.286 e. The van der Waals surface area contributed by atoms with Gasteiger partial charge in [-0.1, -0.05) is 72.8 Å². The molecule has 0 fully saturated rings. The summed E-state index contributed by atoms with van der Waals surface area (Å²) in [6, 6.07) is 22.5. The highest BCUT2D eigenvalue weighted by Gasteiger charge is 1.84. The van der Waals surface area contributed by atoms with Gasteiger partial charge in [0.2, 0.25) is 0 Å². The van der Waals surface area contributed by atoms with Crippen LogP contribution in [0.3, 0.4) is 0 Å². The summed E-state index contributed by atoms with van der Waals surface area (Å²) in [7, 11) is 0. The molecule has 0 aliphatic rings. The summed E-state index contributed by atoms with van der Waals surface area (Å²) in [6.45, 7) is 0. The number of nitrogens with one attached hydrogen (secondary N) is 1. The Labute approximate surface area is 113 Å². The summed E-state index contributed by atoms with van der Waals surface area (Å²) in [5.74, 6) is 0. The van der Waals surface area contributed by atoms with Crippen molar-refractivity contribution in [1.82, 2.24) is 10.2 Å². The zero-order valence-corrected chi connectivity index (χ0v) is 10.6. The molecule has 0 saturated carbocycles. The molecule has 0 aliphatic carbocycles. The normalized spacial score (nSPS) is 9.89. The quantitative estimate of drug-likeness (QED) is 0.674. The van der Waals surface area contributed by atoms with Gasteiger partial charge in [0.05, 0.1) is 0 Å². The Bertz CT molecular complexity index is 510. The standard InChI is InChI=1S/C14H12.C3H4N2/c1-3-7-13(8-4-1)11-12-14-9-5-2-6-10-14;1-2-4-5-3-1/h1-12H;1-3H,(H,4,5). The van der Waals surface area contributed by atoms with Gasteiger partial charge < -0.3 is 0 Å². The Hall–Kier alpha value is -2.61. The third-order valence-corrected chi connectivity index (χ3v) is 2.47. The van der Waals surface area contributed by atoms with E-state index in [4.69, 9.17) is 0 Å². The number of hydrogen-bond donors (Lipinski definition) is 1. The Morgan fingerprint density at radius 2 is 1.21 bits per heavy atom. The second kappa shape index (κ2) is 7.67. The first kappa shape index (κ1) is 12.8.